The molecule has 4 N–H and O–H groups in total. The summed E-state index contributed by atoms with van der Waals surface area (Å²) >= 11 is 0. The third-order valence-corrected chi connectivity index (χ3v) is 3.04. The van der Waals surface area contributed by atoms with E-state index in [1.807, 2.05) is 4.98 Å². The maximum absolute atomic E-state index is 11.4. The number of aliphatic hydroxyl groups is 1. The molecule has 0 aromatic carbocycles. The van der Waals surface area contributed by atoms with Gasteiger partial charge in [0.05, 0.1) is 12.8 Å². The first kappa shape index (κ1) is 23.5. The number of aliphatic hydroxyl groups excluding tert-OH is 1. The molecule has 1 aromatic rings. The van der Waals surface area contributed by atoms with Crippen molar-refractivity contribution in [2.45, 2.75) is 18.5 Å². The van der Waals surface area contributed by atoms with Gasteiger partial charge in [0, 0.05) is 6.07 Å². The second-order valence-corrected chi connectivity index (χ2v) is 5.82. The van der Waals surface area contributed by atoms with Crippen molar-refractivity contribution in [2.75, 3.05) is 13.0 Å². The summed E-state index contributed by atoms with van der Waals surface area (Å²) in [5.74, 6) is 0. The molecule has 2 heterocycles. The second kappa shape index (κ2) is 9.85. The molecule has 0 aliphatic carbocycles. The first-order valence-corrected chi connectivity index (χ1v) is 7.51. The van der Waals surface area contributed by atoms with Gasteiger partial charge in [-0.05, 0) is 0 Å². The van der Waals surface area contributed by atoms with Crippen LogP contribution in [0.1, 0.15) is 2.85 Å². The van der Waals surface area contributed by atoms with E-state index in [1.54, 1.807) is 0 Å². The third-order valence-electron chi connectivity index (χ3n) is 2.55. The van der Waals surface area contributed by atoms with E-state index in [0.29, 0.717) is 4.73 Å². The number of aromatic nitrogens is 2. The molecule has 1 aliphatic heterocycles. The number of rotatable bonds is 5. The van der Waals surface area contributed by atoms with Crippen LogP contribution in [0.5, 0.6) is 0 Å². The van der Waals surface area contributed by atoms with Gasteiger partial charge in [-0.3, -0.25) is 14.3 Å². The van der Waals surface area contributed by atoms with Crippen LogP contribution in [0, 0.1) is 0 Å². The van der Waals surface area contributed by atoms with Crippen LogP contribution < -0.4 is 75.2 Å². The summed E-state index contributed by atoms with van der Waals surface area (Å²) in [6.45, 7) is -0.177. The quantitative estimate of drug-likeness (QED) is 0.291. The van der Waals surface area contributed by atoms with Crippen LogP contribution in [0.15, 0.2) is 21.9 Å². The van der Waals surface area contributed by atoms with E-state index in [2.05, 4.69) is 0 Å². The molecule has 0 bridgehead atoms. The molecule has 1 aliphatic rings. The van der Waals surface area contributed by atoms with Gasteiger partial charge < -0.3 is 32.1 Å². The van der Waals surface area contributed by atoms with Gasteiger partial charge in [-0.15, -0.1) is 4.73 Å². The number of nitrogens with zero attached hydrogens (tertiary/aromatic N) is 1. The maximum Gasteiger partial charge on any atom is 1.00 e. The summed E-state index contributed by atoms with van der Waals surface area (Å²) < 4.78 is 21.2. The van der Waals surface area contributed by atoms with Crippen molar-refractivity contribution >= 4 is 7.60 Å². The predicted octanol–water partition coefficient (Wildman–Crippen LogP) is -8.56. The topological polar surface area (TPSA) is 160 Å². The molecule has 1 fully saturated rings. The van der Waals surface area contributed by atoms with Crippen molar-refractivity contribution < 1.29 is 95.7 Å². The van der Waals surface area contributed by atoms with Gasteiger partial charge in [-0.1, -0.05) is 0 Å². The Morgan fingerprint density at radius 3 is 2.65 bits per heavy atom. The molecule has 0 radical (unpaired) electrons. The van der Waals surface area contributed by atoms with Crippen molar-refractivity contribution in [3.63, 3.8) is 0 Å². The van der Waals surface area contributed by atoms with E-state index < -0.39 is 43.7 Å². The van der Waals surface area contributed by atoms with E-state index in [-0.39, 0.29) is 68.6 Å². The molecule has 3 atom stereocenters. The van der Waals surface area contributed by atoms with E-state index in [0.717, 1.165) is 12.3 Å². The molecule has 11 nitrogen and oxygen atoms in total. The maximum atomic E-state index is 11.4. The van der Waals surface area contributed by atoms with Crippen LogP contribution in [0.25, 0.3) is 0 Å². The molecule has 0 spiro atoms. The van der Waals surface area contributed by atoms with Crippen molar-refractivity contribution in [3.8, 4) is 0 Å². The van der Waals surface area contributed by atoms with Gasteiger partial charge >= 0.3 is 72.4 Å². The van der Waals surface area contributed by atoms with Crippen molar-refractivity contribution in [2.24, 2.45) is 0 Å². The van der Waals surface area contributed by atoms with Crippen LogP contribution >= 0.6 is 7.60 Å². The average molecular weight is 372 g/mol. The zero-order chi connectivity index (χ0) is 15.6. The number of nitrogens with one attached hydrogen (secondary N) is 1. The minimum Gasteiger partial charge on any atom is -1.00 e. The number of ether oxygens (including phenoxy) is 2. The standard InChI is InChI=1S/C9H13N2O9P.2Na.2H/c12-6-1-2-11(9(14)10-6)20-8-7(13)5(3-18-8)19-4-21(15,16)17;;;;/h1-2,5,7-8,13H,3-4H2,(H,10,12,14)(H2,15,16,17);;;;/q;2*+1;2*-1/t5-,7+,8?;;;;/m0..../s1. The predicted molar refractivity (Wildman–Crippen MR) is 67.7 cm³/mol. The summed E-state index contributed by atoms with van der Waals surface area (Å²) in [4.78, 5) is 46.6. The van der Waals surface area contributed by atoms with Gasteiger partial charge in [0.25, 0.3) is 11.8 Å². The van der Waals surface area contributed by atoms with Crippen molar-refractivity contribution in [1.82, 2.24) is 9.71 Å². The number of hydrogen-bond donors (Lipinski definition) is 4. The van der Waals surface area contributed by atoms with E-state index in [9.17, 15) is 19.3 Å². The summed E-state index contributed by atoms with van der Waals surface area (Å²) in [5, 5.41) is 9.84. The Morgan fingerprint density at radius 1 is 1.43 bits per heavy atom. The SMILES string of the molecule is O=c1ccn(OC2OC[C@H](OCP(=O)(O)O)[C@H]2O)c(=O)[nH]1.[H-].[H-].[Na+].[Na+]. The van der Waals surface area contributed by atoms with E-state index in [1.165, 1.54) is 0 Å². The Bertz CT molecular complexity index is 669. The summed E-state index contributed by atoms with van der Waals surface area (Å²) in [5.41, 5.74) is -1.48. The summed E-state index contributed by atoms with van der Waals surface area (Å²) in [6.07, 6.45) is -3.49. The molecule has 23 heavy (non-hydrogen) atoms. The minimum atomic E-state index is -4.37. The van der Waals surface area contributed by atoms with Crippen LogP contribution in [-0.4, -0.2) is 56.1 Å². The Labute approximate surface area is 176 Å². The zero-order valence-electron chi connectivity index (χ0n) is 14.5. The fourth-order valence-electron chi connectivity index (χ4n) is 1.59. The molecule has 122 valence electrons. The largest absolute Gasteiger partial charge is 1.00 e. The van der Waals surface area contributed by atoms with E-state index in [4.69, 9.17) is 24.1 Å². The smallest absolute Gasteiger partial charge is 1.00 e. The van der Waals surface area contributed by atoms with Crippen molar-refractivity contribution in [1.29, 1.82) is 0 Å². The summed E-state index contributed by atoms with van der Waals surface area (Å²) in [7, 11) is -4.37. The molecule has 1 unspecified atom stereocenters. The Morgan fingerprint density at radius 2 is 2.09 bits per heavy atom. The number of aromatic amines is 1. The normalized spacial score (nSPS) is 23.7. The van der Waals surface area contributed by atoms with Gasteiger partial charge in [0.15, 0.2) is 0 Å². The Hall–Kier alpha value is 0.510. The second-order valence-electron chi connectivity index (χ2n) is 4.23. The van der Waals surface area contributed by atoms with Gasteiger partial charge in [0.1, 0.15) is 18.6 Å². The van der Waals surface area contributed by atoms with Gasteiger partial charge in [0.2, 0.25) is 0 Å². The zero-order valence-corrected chi connectivity index (χ0v) is 17.4. The monoisotopic (exact) mass is 372 g/mol. The number of hydrogen-bond acceptors (Lipinski definition) is 7. The average Bonchev–Trinajstić information content (AvgIpc) is 2.71. The Balaban J connectivity index is -0.00000121. The first-order chi connectivity index (χ1) is 9.76. The fraction of sp³-hybridized carbons (Fsp3) is 0.556. The molecule has 0 saturated carbocycles. The summed E-state index contributed by atoms with van der Waals surface area (Å²) in [6, 6.07) is 1.03. The molecular weight excluding hydrogens is 357 g/mol. The molecule has 0 amide bonds. The fourth-order valence-corrected chi connectivity index (χ4v) is 1.98. The van der Waals surface area contributed by atoms with Gasteiger partial charge in [-0.2, -0.15) is 0 Å². The Kier molecular flexibility index (Phi) is 10.1. The number of H-pyrrole nitrogens is 1. The first-order valence-electron chi connectivity index (χ1n) is 5.71. The molecule has 1 saturated heterocycles. The minimum absolute atomic E-state index is 0. The van der Waals surface area contributed by atoms with Crippen LogP contribution in [0.2, 0.25) is 0 Å². The molecule has 1 aromatic heterocycles. The molecule has 14 heteroatoms. The van der Waals surface area contributed by atoms with Crippen molar-refractivity contribution in [3.05, 3.63) is 33.1 Å². The molecule has 2 rings (SSSR count). The third kappa shape index (κ3) is 7.10. The van der Waals surface area contributed by atoms with Crippen LogP contribution in [-0.2, 0) is 14.0 Å². The van der Waals surface area contributed by atoms with Crippen LogP contribution in [0.4, 0.5) is 0 Å². The molecular formula is C9H15N2Na2O9P. The van der Waals surface area contributed by atoms with Crippen LogP contribution in [0.3, 0.4) is 0 Å². The van der Waals surface area contributed by atoms with Gasteiger partial charge in [-0.25, -0.2) is 4.79 Å². The van der Waals surface area contributed by atoms with E-state index >= 15 is 0 Å².